The molecule has 3 aromatic heterocycles. The van der Waals surface area contributed by atoms with Crippen LogP contribution < -0.4 is 10.6 Å². The van der Waals surface area contributed by atoms with Gasteiger partial charge in [0.2, 0.25) is 0 Å². The number of benzene rings is 1. The van der Waals surface area contributed by atoms with Crippen molar-refractivity contribution in [1.82, 2.24) is 14.4 Å². The Morgan fingerprint density at radius 1 is 1.16 bits per heavy atom. The van der Waals surface area contributed by atoms with Gasteiger partial charge < -0.3 is 15.4 Å². The van der Waals surface area contributed by atoms with Gasteiger partial charge in [-0.05, 0) is 44.0 Å². The first-order chi connectivity index (χ1) is 15.5. The molecule has 6 rings (SSSR count). The summed E-state index contributed by atoms with van der Waals surface area (Å²) in [6.07, 6.45) is 4.09. The van der Waals surface area contributed by atoms with Crippen LogP contribution in [0.3, 0.4) is 0 Å². The largest absolute Gasteiger partial charge is 0.376 e. The van der Waals surface area contributed by atoms with E-state index in [4.69, 9.17) is 43.6 Å². The zero-order valence-corrected chi connectivity index (χ0v) is 19.9. The van der Waals surface area contributed by atoms with E-state index in [0.29, 0.717) is 10.0 Å². The monoisotopic (exact) mass is 487 g/mol. The first-order valence-corrected chi connectivity index (χ1v) is 12.4. The van der Waals surface area contributed by atoms with E-state index < -0.39 is 0 Å². The van der Waals surface area contributed by atoms with Crippen LogP contribution in [-0.2, 0) is 4.74 Å². The van der Waals surface area contributed by atoms with Crippen LogP contribution in [0.4, 0.5) is 5.82 Å². The third kappa shape index (κ3) is 3.10. The normalized spacial score (nSPS) is 23.2. The van der Waals surface area contributed by atoms with Crippen LogP contribution in [0.25, 0.3) is 16.8 Å². The van der Waals surface area contributed by atoms with Gasteiger partial charge >= 0.3 is 0 Å². The molecule has 5 heterocycles. The van der Waals surface area contributed by atoms with E-state index in [-0.39, 0.29) is 17.6 Å². The minimum Gasteiger partial charge on any atom is -0.376 e. The second-order valence-corrected chi connectivity index (χ2v) is 10.7. The topological polar surface area (TPSA) is 68.7 Å². The molecule has 0 amide bonds. The maximum absolute atomic E-state index is 6.49. The van der Waals surface area contributed by atoms with E-state index in [2.05, 4.69) is 22.3 Å². The predicted molar refractivity (Wildman–Crippen MR) is 130 cm³/mol. The van der Waals surface area contributed by atoms with Crippen molar-refractivity contribution in [2.24, 2.45) is 11.1 Å². The summed E-state index contributed by atoms with van der Waals surface area (Å²) in [7, 11) is 0. The lowest BCUT2D eigenvalue weighted by Crippen LogP contribution is -2.50. The van der Waals surface area contributed by atoms with Gasteiger partial charge in [-0.3, -0.25) is 4.40 Å². The van der Waals surface area contributed by atoms with Gasteiger partial charge in [0.15, 0.2) is 11.5 Å². The standard InChI is InChI=1S/C23H23Cl2N5OS/c1-13-20(26)23(12-31-13)7-9-29(10-8-23)21-15-11-27-22-17(5-6-18(28-21)30(15)22)32-16-4-2-3-14(24)19(16)25/h2-6,11,13,20H,7-10,12,26H2,1H3/t13-,20+/m0/s1. The average Bonchev–Trinajstić information content (AvgIpc) is 3.47. The first-order valence-electron chi connectivity index (χ1n) is 10.8. The molecule has 166 valence electrons. The summed E-state index contributed by atoms with van der Waals surface area (Å²) < 4.78 is 8.01. The summed E-state index contributed by atoms with van der Waals surface area (Å²) in [6, 6.07) is 9.87. The fourth-order valence-electron chi connectivity index (χ4n) is 5.10. The van der Waals surface area contributed by atoms with Gasteiger partial charge in [0, 0.05) is 29.4 Å². The van der Waals surface area contributed by atoms with Gasteiger partial charge in [0.05, 0.1) is 33.8 Å². The molecule has 2 saturated heterocycles. The van der Waals surface area contributed by atoms with Crippen molar-refractivity contribution in [2.75, 3.05) is 24.6 Å². The molecule has 0 radical (unpaired) electrons. The van der Waals surface area contributed by atoms with Gasteiger partial charge in [-0.25, -0.2) is 9.97 Å². The fraction of sp³-hybridized carbons (Fsp3) is 0.391. The highest BCUT2D eigenvalue weighted by Crippen LogP contribution is 2.43. The Balaban J connectivity index is 1.31. The second kappa shape index (κ2) is 7.64. The molecule has 0 aliphatic carbocycles. The molecule has 2 aliphatic rings. The van der Waals surface area contributed by atoms with Crippen molar-refractivity contribution < 1.29 is 4.74 Å². The summed E-state index contributed by atoms with van der Waals surface area (Å²) in [5.41, 5.74) is 9.40. The maximum atomic E-state index is 6.49. The lowest BCUT2D eigenvalue weighted by atomic mass is 9.73. The Morgan fingerprint density at radius 3 is 2.72 bits per heavy atom. The van der Waals surface area contributed by atoms with Crippen LogP contribution in [0.1, 0.15) is 19.8 Å². The maximum Gasteiger partial charge on any atom is 0.157 e. The van der Waals surface area contributed by atoms with E-state index in [1.54, 1.807) is 17.8 Å². The quantitative estimate of drug-likeness (QED) is 0.432. The van der Waals surface area contributed by atoms with Crippen LogP contribution in [0.5, 0.6) is 0 Å². The number of imidazole rings is 2. The Bertz CT molecular complexity index is 1300. The zero-order chi connectivity index (χ0) is 22.0. The number of hydrogen-bond donors (Lipinski definition) is 1. The molecule has 2 aliphatic heterocycles. The third-order valence-electron chi connectivity index (χ3n) is 7.09. The Morgan fingerprint density at radius 2 is 1.97 bits per heavy atom. The van der Waals surface area contributed by atoms with Crippen LogP contribution >= 0.6 is 35.0 Å². The van der Waals surface area contributed by atoms with E-state index in [1.165, 1.54) is 0 Å². The molecule has 2 atom stereocenters. The Hall–Kier alpha value is -1.77. The second-order valence-electron chi connectivity index (χ2n) is 8.84. The Labute approximate surface area is 200 Å². The van der Waals surface area contributed by atoms with Crippen molar-refractivity contribution in [3.05, 3.63) is 46.6 Å². The molecule has 2 N–H and O–H groups in total. The van der Waals surface area contributed by atoms with Crippen LogP contribution in [0.15, 0.2) is 46.3 Å². The third-order valence-corrected chi connectivity index (χ3v) is 9.12. The minimum atomic E-state index is 0.0920. The van der Waals surface area contributed by atoms with E-state index in [9.17, 15) is 0 Å². The molecule has 9 heteroatoms. The van der Waals surface area contributed by atoms with Crippen molar-refractivity contribution in [2.45, 2.75) is 41.7 Å². The highest BCUT2D eigenvalue weighted by molar-refractivity contribution is 7.99. The van der Waals surface area contributed by atoms with Gasteiger partial charge in [-0.2, -0.15) is 0 Å². The molecule has 0 saturated carbocycles. The minimum absolute atomic E-state index is 0.0920. The molecule has 0 bridgehead atoms. The molecule has 6 nitrogen and oxygen atoms in total. The molecule has 32 heavy (non-hydrogen) atoms. The number of nitrogens with zero attached hydrogens (tertiary/aromatic N) is 4. The number of ether oxygens (including phenoxy) is 1. The summed E-state index contributed by atoms with van der Waals surface area (Å²) in [6.45, 7) is 4.69. The van der Waals surface area contributed by atoms with E-state index >= 15 is 0 Å². The molecule has 0 unspecified atom stereocenters. The molecule has 1 spiro atoms. The van der Waals surface area contributed by atoms with Gasteiger partial charge in [-0.15, -0.1) is 0 Å². The number of hydrogen-bond acceptors (Lipinski definition) is 6. The fourth-order valence-corrected chi connectivity index (χ4v) is 6.52. The number of halogens is 2. The molecule has 4 aromatic rings. The van der Waals surface area contributed by atoms with Crippen LogP contribution in [0, 0.1) is 5.41 Å². The van der Waals surface area contributed by atoms with Gasteiger partial charge in [0.1, 0.15) is 11.2 Å². The summed E-state index contributed by atoms with van der Waals surface area (Å²) >= 11 is 14.2. The zero-order valence-electron chi connectivity index (χ0n) is 17.6. The number of rotatable bonds is 3. The number of pyridine rings is 1. The van der Waals surface area contributed by atoms with Crippen molar-refractivity contribution in [3.63, 3.8) is 0 Å². The van der Waals surface area contributed by atoms with Crippen molar-refractivity contribution >= 4 is 57.6 Å². The van der Waals surface area contributed by atoms with Crippen molar-refractivity contribution in [1.29, 1.82) is 0 Å². The summed E-state index contributed by atoms with van der Waals surface area (Å²) in [4.78, 5) is 14.0. The highest BCUT2D eigenvalue weighted by Gasteiger charge is 2.47. The Kier molecular flexibility index (Phi) is 4.97. The predicted octanol–water partition coefficient (Wildman–Crippen LogP) is 5.11. The summed E-state index contributed by atoms with van der Waals surface area (Å²) in [5, 5.41) is 1.11. The summed E-state index contributed by atoms with van der Waals surface area (Å²) in [5.74, 6) is 0.992. The van der Waals surface area contributed by atoms with E-state index in [0.717, 1.165) is 65.0 Å². The van der Waals surface area contributed by atoms with Crippen LogP contribution in [0.2, 0.25) is 10.0 Å². The molecular formula is C23H23Cl2N5OS. The van der Waals surface area contributed by atoms with E-state index in [1.807, 2.05) is 24.4 Å². The highest BCUT2D eigenvalue weighted by atomic mass is 35.5. The van der Waals surface area contributed by atoms with Crippen molar-refractivity contribution in [3.8, 4) is 0 Å². The SMILES string of the molecule is C[C@@H]1OCC2(CCN(c3nc4ccc(Sc5cccc(Cl)c5Cl)c5ncc3n45)CC2)[C@@H]1N. The molecule has 1 aromatic carbocycles. The number of aromatic nitrogens is 3. The lowest BCUT2D eigenvalue weighted by Gasteiger charge is -2.41. The van der Waals surface area contributed by atoms with Gasteiger partial charge in [-0.1, -0.05) is 41.0 Å². The lowest BCUT2D eigenvalue weighted by molar-refractivity contribution is 0.0974. The average molecular weight is 488 g/mol. The first kappa shape index (κ1) is 20.8. The smallest absolute Gasteiger partial charge is 0.157 e. The molecule has 2 fully saturated rings. The number of nitrogens with two attached hydrogens (primary N) is 1. The van der Waals surface area contributed by atoms with Gasteiger partial charge in [0.25, 0.3) is 0 Å². The molecular weight excluding hydrogens is 465 g/mol. The number of anilines is 1. The van der Waals surface area contributed by atoms with Crippen LogP contribution in [-0.4, -0.2) is 46.2 Å². The number of piperidine rings is 1.